The van der Waals surface area contributed by atoms with Crippen molar-refractivity contribution in [3.05, 3.63) is 42.4 Å². The molecule has 0 atom stereocenters. The molecule has 0 aliphatic carbocycles. The smallest absolute Gasteiger partial charge is 0.274 e. The number of aromatic nitrogens is 1. The van der Waals surface area contributed by atoms with Gasteiger partial charge in [0.1, 0.15) is 0 Å². The molecule has 1 saturated heterocycles. The molecule has 1 amide bonds. The third-order valence-electron chi connectivity index (χ3n) is 3.87. The molecule has 0 bridgehead atoms. The van der Waals surface area contributed by atoms with Crippen LogP contribution in [0.5, 0.6) is 0 Å². The van der Waals surface area contributed by atoms with Crippen molar-refractivity contribution in [2.45, 2.75) is 18.9 Å². The van der Waals surface area contributed by atoms with Gasteiger partial charge in [0.05, 0.1) is 0 Å². The van der Waals surface area contributed by atoms with Gasteiger partial charge in [0, 0.05) is 11.6 Å². The molecule has 1 aliphatic heterocycles. The Labute approximate surface area is 124 Å². The Bertz CT molecular complexity index is 601. The number of carbonyl (C=O) groups is 1. The summed E-state index contributed by atoms with van der Waals surface area (Å²) in [6.45, 7) is 2.02. The first-order chi connectivity index (χ1) is 10.2. The van der Waals surface area contributed by atoms with E-state index in [2.05, 4.69) is 22.2 Å². The number of amides is 1. The standard InChI is InChI=1S/C16H19N3O2/c1-19-9-7-13(8-10-19)18-16(20)14-15(21-11-17-14)12-5-3-2-4-6-12/h2-6,11,13H,7-10H2,1H3,(H,18,20). The molecule has 0 spiro atoms. The third kappa shape index (κ3) is 3.13. The van der Waals surface area contributed by atoms with Crippen LogP contribution in [0, 0.1) is 0 Å². The first-order valence-electron chi connectivity index (χ1n) is 7.22. The summed E-state index contributed by atoms with van der Waals surface area (Å²) in [5.74, 6) is 0.373. The summed E-state index contributed by atoms with van der Waals surface area (Å²) in [6, 6.07) is 9.79. The van der Waals surface area contributed by atoms with E-state index in [1.165, 1.54) is 6.39 Å². The van der Waals surface area contributed by atoms with Crippen molar-refractivity contribution in [1.29, 1.82) is 0 Å². The molecule has 2 aromatic rings. The molecule has 0 radical (unpaired) electrons. The number of oxazole rings is 1. The molecule has 5 nitrogen and oxygen atoms in total. The molecule has 110 valence electrons. The average Bonchev–Trinajstić information content (AvgIpc) is 3.00. The molecule has 0 unspecified atom stereocenters. The topological polar surface area (TPSA) is 58.4 Å². The first-order valence-corrected chi connectivity index (χ1v) is 7.22. The normalized spacial score (nSPS) is 16.8. The minimum absolute atomic E-state index is 0.155. The van der Waals surface area contributed by atoms with Crippen LogP contribution in [0.2, 0.25) is 0 Å². The van der Waals surface area contributed by atoms with Crippen LogP contribution in [0.1, 0.15) is 23.3 Å². The predicted octanol–water partition coefficient (Wildman–Crippen LogP) is 2.17. The molecular formula is C16H19N3O2. The maximum absolute atomic E-state index is 12.4. The van der Waals surface area contributed by atoms with Crippen molar-refractivity contribution < 1.29 is 9.21 Å². The highest BCUT2D eigenvalue weighted by atomic mass is 16.3. The minimum atomic E-state index is -0.155. The lowest BCUT2D eigenvalue weighted by Gasteiger charge is -2.29. The summed E-state index contributed by atoms with van der Waals surface area (Å²) in [6.07, 6.45) is 3.27. The number of benzene rings is 1. The van der Waals surface area contributed by atoms with Crippen LogP contribution < -0.4 is 5.32 Å². The number of hydrogen-bond donors (Lipinski definition) is 1. The lowest BCUT2D eigenvalue weighted by molar-refractivity contribution is 0.0912. The maximum Gasteiger partial charge on any atom is 0.274 e. The third-order valence-corrected chi connectivity index (χ3v) is 3.87. The van der Waals surface area contributed by atoms with Crippen LogP contribution >= 0.6 is 0 Å². The number of hydrogen-bond acceptors (Lipinski definition) is 4. The van der Waals surface area contributed by atoms with Gasteiger partial charge in [-0.3, -0.25) is 4.79 Å². The van der Waals surface area contributed by atoms with E-state index >= 15 is 0 Å². The quantitative estimate of drug-likeness (QED) is 0.939. The van der Waals surface area contributed by atoms with Crippen LogP contribution in [0.3, 0.4) is 0 Å². The van der Waals surface area contributed by atoms with Gasteiger partial charge in [0.2, 0.25) is 0 Å². The van der Waals surface area contributed by atoms with Crippen LogP contribution in [0.15, 0.2) is 41.1 Å². The molecule has 5 heteroatoms. The van der Waals surface area contributed by atoms with Gasteiger partial charge < -0.3 is 14.6 Å². The predicted molar refractivity (Wildman–Crippen MR) is 79.9 cm³/mol. The summed E-state index contributed by atoms with van der Waals surface area (Å²) in [5, 5.41) is 3.06. The van der Waals surface area contributed by atoms with Gasteiger partial charge in [-0.1, -0.05) is 30.3 Å². The number of carbonyl (C=O) groups excluding carboxylic acids is 1. The number of likely N-dealkylation sites (tertiary alicyclic amines) is 1. The van der Waals surface area contributed by atoms with E-state index < -0.39 is 0 Å². The average molecular weight is 285 g/mol. The number of nitrogens with one attached hydrogen (secondary N) is 1. The molecule has 1 aliphatic rings. The fourth-order valence-electron chi connectivity index (χ4n) is 2.61. The highest BCUT2D eigenvalue weighted by molar-refractivity contribution is 5.97. The second-order valence-electron chi connectivity index (χ2n) is 5.45. The van der Waals surface area contributed by atoms with Crippen molar-refractivity contribution in [3.63, 3.8) is 0 Å². The number of nitrogens with zero attached hydrogens (tertiary/aromatic N) is 2. The molecule has 1 aromatic heterocycles. The number of piperidine rings is 1. The molecule has 3 rings (SSSR count). The van der Waals surface area contributed by atoms with Gasteiger partial charge in [-0.25, -0.2) is 4.98 Å². The lowest BCUT2D eigenvalue weighted by Crippen LogP contribution is -2.43. The molecule has 2 heterocycles. The zero-order valence-corrected chi connectivity index (χ0v) is 12.1. The van der Waals surface area contributed by atoms with Crippen LogP contribution in [0.25, 0.3) is 11.3 Å². The molecule has 1 fully saturated rings. The monoisotopic (exact) mass is 285 g/mol. The molecule has 0 saturated carbocycles. The molecule has 1 aromatic carbocycles. The zero-order chi connectivity index (χ0) is 14.7. The molecule has 21 heavy (non-hydrogen) atoms. The largest absolute Gasteiger partial charge is 0.443 e. The Hall–Kier alpha value is -2.14. The Morgan fingerprint density at radius 2 is 2.00 bits per heavy atom. The van der Waals surface area contributed by atoms with Crippen molar-refractivity contribution in [2.24, 2.45) is 0 Å². The fraction of sp³-hybridized carbons (Fsp3) is 0.375. The Balaban J connectivity index is 1.73. The summed E-state index contributed by atoms with van der Waals surface area (Å²) >= 11 is 0. The van der Waals surface area contributed by atoms with Gasteiger partial charge >= 0.3 is 0 Å². The van der Waals surface area contributed by atoms with E-state index in [1.807, 2.05) is 30.3 Å². The van der Waals surface area contributed by atoms with Gasteiger partial charge in [-0.05, 0) is 33.0 Å². The first kappa shape index (κ1) is 13.8. The molecule has 1 N–H and O–H groups in total. The van der Waals surface area contributed by atoms with E-state index in [-0.39, 0.29) is 11.9 Å². The fourth-order valence-corrected chi connectivity index (χ4v) is 2.61. The SMILES string of the molecule is CN1CCC(NC(=O)c2ncoc2-c2ccccc2)CC1. The van der Waals surface area contributed by atoms with Crippen LogP contribution in [-0.4, -0.2) is 42.0 Å². The lowest BCUT2D eigenvalue weighted by atomic mass is 10.0. The van der Waals surface area contributed by atoms with Gasteiger partial charge in [0.15, 0.2) is 17.8 Å². The minimum Gasteiger partial charge on any atom is -0.443 e. The Morgan fingerprint density at radius 1 is 1.29 bits per heavy atom. The maximum atomic E-state index is 12.4. The molecular weight excluding hydrogens is 266 g/mol. The van der Waals surface area contributed by atoms with Gasteiger partial charge in [-0.2, -0.15) is 0 Å². The van der Waals surface area contributed by atoms with E-state index in [0.29, 0.717) is 11.5 Å². The van der Waals surface area contributed by atoms with Crippen LogP contribution in [0.4, 0.5) is 0 Å². The van der Waals surface area contributed by atoms with Crippen molar-refractivity contribution in [1.82, 2.24) is 15.2 Å². The zero-order valence-electron chi connectivity index (χ0n) is 12.1. The van der Waals surface area contributed by atoms with Crippen molar-refractivity contribution in [3.8, 4) is 11.3 Å². The van der Waals surface area contributed by atoms with E-state index in [4.69, 9.17) is 4.42 Å². The highest BCUT2D eigenvalue weighted by Gasteiger charge is 2.23. The van der Waals surface area contributed by atoms with Gasteiger partial charge in [-0.15, -0.1) is 0 Å². The summed E-state index contributed by atoms with van der Waals surface area (Å²) in [5.41, 5.74) is 1.23. The Morgan fingerprint density at radius 3 is 2.71 bits per heavy atom. The van der Waals surface area contributed by atoms with E-state index in [0.717, 1.165) is 31.5 Å². The summed E-state index contributed by atoms with van der Waals surface area (Å²) in [4.78, 5) is 18.8. The van der Waals surface area contributed by atoms with Crippen molar-refractivity contribution in [2.75, 3.05) is 20.1 Å². The van der Waals surface area contributed by atoms with Crippen LogP contribution in [-0.2, 0) is 0 Å². The van der Waals surface area contributed by atoms with E-state index in [9.17, 15) is 4.79 Å². The summed E-state index contributed by atoms with van der Waals surface area (Å²) < 4.78 is 5.40. The summed E-state index contributed by atoms with van der Waals surface area (Å²) in [7, 11) is 2.10. The second kappa shape index (κ2) is 6.10. The van der Waals surface area contributed by atoms with Gasteiger partial charge in [0.25, 0.3) is 5.91 Å². The Kier molecular flexibility index (Phi) is 4.01. The van der Waals surface area contributed by atoms with E-state index in [1.54, 1.807) is 0 Å². The van der Waals surface area contributed by atoms with Crippen molar-refractivity contribution >= 4 is 5.91 Å². The number of rotatable bonds is 3. The second-order valence-corrected chi connectivity index (χ2v) is 5.45. The highest BCUT2D eigenvalue weighted by Crippen LogP contribution is 2.23.